The number of ketones is 2. The maximum atomic E-state index is 13.5. The molecule has 5 rings (SSSR count). The summed E-state index contributed by atoms with van der Waals surface area (Å²) < 4.78 is 7.72. The molecule has 2 aromatic carbocycles. The first-order valence-corrected chi connectivity index (χ1v) is 12.0. The van der Waals surface area contributed by atoms with Crippen molar-refractivity contribution >= 4 is 28.4 Å². The predicted molar refractivity (Wildman–Crippen MR) is 127 cm³/mol. The van der Waals surface area contributed by atoms with Gasteiger partial charge in [0, 0.05) is 29.3 Å². The first-order valence-electron chi connectivity index (χ1n) is 12.0. The highest BCUT2D eigenvalue weighted by molar-refractivity contribution is 6.14. The number of carbonyl (C=O) groups is 3. The molecule has 0 amide bonds. The Hall–Kier alpha value is -3.21. The molecule has 2 atom stereocenters. The molecule has 170 valence electrons. The number of aryl methyl sites for hydroxylation is 1. The molecule has 2 fully saturated rings. The maximum absolute atomic E-state index is 13.5. The Kier molecular flexibility index (Phi) is 5.88. The zero-order valence-corrected chi connectivity index (χ0v) is 19.0. The minimum Gasteiger partial charge on any atom is -0.457 e. The number of nitrogens with zero attached hydrogens (tertiary/aromatic N) is 1. The van der Waals surface area contributed by atoms with Crippen molar-refractivity contribution in [3.63, 3.8) is 0 Å². The fraction of sp³-hybridized carbons (Fsp3) is 0.393. The van der Waals surface area contributed by atoms with Crippen LogP contribution in [0.1, 0.15) is 49.4 Å². The molecule has 0 saturated heterocycles. The number of fused-ring (bicyclic) bond motifs is 3. The third-order valence-electron chi connectivity index (χ3n) is 7.34. The van der Waals surface area contributed by atoms with Crippen LogP contribution in [0.15, 0.2) is 54.6 Å². The number of Topliss-reactive ketones (excluding diaryl/α,β-unsaturated/α-hetero) is 2. The molecule has 2 saturated carbocycles. The van der Waals surface area contributed by atoms with Gasteiger partial charge in [0.05, 0.1) is 17.2 Å². The van der Waals surface area contributed by atoms with Gasteiger partial charge in [-0.2, -0.15) is 0 Å². The fourth-order valence-corrected chi connectivity index (χ4v) is 5.81. The number of ether oxygens (including phenoxy) is 1. The van der Waals surface area contributed by atoms with Crippen molar-refractivity contribution in [3.8, 4) is 11.3 Å². The minimum absolute atomic E-state index is 0.0158. The Morgan fingerprint density at radius 2 is 1.64 bits per heavy atom. The van der Waals surface area contributed by atoms with E-state index in [1.165, 1.54) is 0 Å². The van der Waals surface area contributed by atoms with Crippen LogP contribution in [0.3, 0.4) is 0 Å². The number of hydrogen-bond acceptors (Lipinski definition) is 4. The van der Waals surface area contributed by atoms with Crippen LogP contribution >= 0.6 is 0 Å². The Morgan fingerprint density at radius 3 is 2.33 bits per heavy atom. The molecule has 2 bridgehead atoms. The van der Waals surface area contributed by atoms with E-state index in [9.17, 15) is 14.4 Å². The summed E-state index contributed by atoms with van der Waals surface area (Å²) in [4.78, 5) is 38.7. The van der Waals surface area contributed by atoms with Gasteiger partial charge in [-0.15, -0.1) is 0 Å². The lowest BCUT2D eigenvalue weighted by Crippen LogP contribution is -2.39. The van der Waals surface area contributed by atoms with Crippen LogP contribution in [0.4, 0.5) is 0 Å². The first kappa shape index (κ1) is 21.6. The third kappa shape index (κ3) is 3.90. The van der Waals surface area contributed by atoms with Crippen molar-refractivity contribution in [2.45, 2.75) is 45.6 Å². The SMILES string of the molecule is CCn1c(-c2ccccc2)c(C(=O)COC(=O)C2C[C@H]3CCC[C@H](C2)C3=O)c2ccccc21. The zero-order valence-electron chi connectivity index (χ0n) is 19.0. The number of hydrogen-bond donors (Lipinski definition) is 0. The van der Waals surface area contributed by atoms with Crippen LogP contribution in [-0.2, 0) is 20.9 Å². The molecule has 2 aliphatic carbocycles. The van der Waals surface area contributed by atoms with E-state index in [4.69, 9.17) is 4.74 Å². The molecule has 3 aromatic rings. The Balaban J connectivity index is 1.41. The minimum atomic E-state index is -0.340. The monoisotopic (exact) mass is 443 g/mol. The van der Waals surface area contributed by atoms with E-state index in [1.54, 1.807) is 0 Å². The number of rotatable bonds is 6. The third-order valence-corrected chi connectivity index (χ3v) is 7.34. The lowest BCUT2D eigenvalue weighted by Gasteiger charge is -2.36. The van der Waals surface area contributed by atoms with E-state index in [1.807, 2.05) is 54.6 Å². The quantitative estimate of drug-likeness (QED) is 0.375. The number of para-hydroxylation sites is 1. The average Bonchev–Trinajstić information content (AvgIpc) is 3.17. The highest BCUT2D eigenvalue weighted by Crippen LogP contribution is 2.40. The molecule has 0 spiro atoms. The highest BCUT2D eigenvalue weighted by atomic mass is 16.5. The van der Waals surface area contributed by atoms with Gasteiger partial charge in [-0.25, -0.2) is 0 Å². The normalized spacial score (nSPS) is 22.3. The lowest BCUT2D eigenvalue weighted by atomic mass is 9.67. The van der Waals surface area contributed by atoms with Gasteiger partial charge in [0.15, 0.2) is 6.61 Å². The molecule has 0 radical (unpaired) electrons. The molecule has 5 nitrogen and oxygen atoms in total. The Labute approximate surface area is 193 Å². The van der Waals surface area contributed by atoms with Crippen LogP contribution in [0, 0.1) is 17.8 Å². The first-order chi connectivity index (χ1) is 16.1. The number of esters is 1. The lowest BCUT2D eigenvalue weighted by molar-refractivity contribution is -0.152. The Bertz CT molecular complexity index is 1190. The van der Waals surface area contributed by atoms with Crippen LogP contribution < -0.4 is 0 Å². The molecule has 33 heavy (non-hydrogen) atoms. The molecule has 0 N–H and O–H groups in total. The molecule has 1 heterocycles. The second-order valence-electron chi connectivity index (χ2n) is 9.28. The number of carbonyl (C=O) groups excluding carboxylic acids is 3. The van der Waals surface area contributed by atoms with Gasteiger partial charge in [-0.3, -0.25) is 14.4 Å². The molecule has 5 heteroatoms. The summed E-state index contributed by atoms with van der Waals surface area (Å²) in [7, 11) is 0. The molecule has 1 aromatic heterocycles. The summed E-state index contributed by atoms with van der Waals surface area (Å²) in [5.74, 6) is -0.528. The standard InChI is InChI=1S/C28H29NO4/c1-2-29-23-14-7-6-13-22(23)25(26(29)18-9-4-3-5-10-18)24(30)17-33-28(32)21-15-19-11-8-12-20(16-21)27(19)31/h3-7,9-10,13-14,19-21H,2,8,11-12,15-17H2,1H3/t19-,20-/m1/s1. The summed E-state index contributed by atoms with van der Waals surface area (Å²) in [5.41, 5.74) is 3.41. The number of benzene rings is 2. The van der Waals surface area contributed by atoms with E-state index in [0.717, 1.165) is 48.0 Å². The molecule has 2 aliphatic rings. The summed E-state index contributed by atoms with van der Waals surface area (Å²) >= 11 is 0. The summed E-state index contributed by atoms with van der Waals surface area (Å²) in [6.45, 7) is 2.50. The Morgan fingerprint density at radius 1 is 0.970 bits per heavy atom. The molecular weight excluding hydrogens is 414 g/mol. The van der Waals surface area contributed by atoms with Crippen molar-refractivity contribution in [2.24, 2.45) is 17.8 Å². The van der Waals surface area contributed by atoms with E-state index in [2.05, 4.69) is 11.5 Å². The molecule has 0 unspecified atom stereocenters. The highest BCUT2D eigenvalue weighted by Gasteiger charge is 2.42. The van der Waals surface area contributed by atoms with Gasteiger partial charge in [0.25, 0.3) is 0 Å². The van der Waals surface area contributed by atoms with Crippen LogP contribution in [0.5, 0.6) is 0 Å². The fourth-order valence-electron chi connectivity index (χ4n) is 5.81. The maximum Gasteiger partial charge on any atom is 0.309 e. The van der Waals surface area contributed by atoms with Crippen molar-refractivity contribution < 1.29 is 19.1 Å². The summed E-state index contributed by atoms with van der Waals surface area (Å²) in [6, 6.07) is 17.8. The van der Waals surface area contributed by atoms with Crippen LogP contribution in [-0.4, -0.2) is 28.7 Å². The van der Waals surface area contributed by atoms with Gasteiger partial charge in [-0.1, -0.05) is 55.0 Å². The zero-order chi connectivity index (χ0) is 22.9. The largest absolute Gasteiger partial charge is 0.457 e. The van der Waals surface area contributed by atoms with Gasteiger partial charge in [0.1, 0.15) is 5.78 Å². The number of aromatic nitrogens is 1. The van der Waals surface area contributed by atoms with Crippen LogP contribution in [0.2, 0.25) is 0 Å². The van der Waals surface area contributed by atoms with Crippen molar-refractivity contribution in [3.05, 3.63) is 60.2 Å². The van der Waals surface area contributed by atoms with Crippen LogP contribution in [0.25, 0.3) is 22.2 Å². The topological polar surface area (TPSA) is 65.4 Å². The van der Waals surface area contributed by atoms with Gasteiger partial charge >= 0.3 is 5.97 Å². The van der Waals surface area contributed by atoms with Gasteiger partial charge in [-0.05, 0) is 44.2 Å². The smallest absolute Gasteiger partial charge is 0.309 e. The molecule has 0 aliphatic heterocycles. The second-order valence-corrected chi connectivity index (χ2v) is 9.28. The average molecular weight is 444 g/mol. The van der Waals surface area contributed by atoms with Gasteiger partial charge < -0.3 is 9.30 Å². The van der Waals surface area contributed by atoms with Crippen molar-refractivity contribution in [1.29, 1.82) is 0 Å². The van der Waals surface area contributed by atoms with Crippen molar-refractivity contribution in [1.82, 2.24) is 4.57 Å². The summed E-state index contributed by atoms with van der Waals surface area (Å²) in [5, 5.41) is 0.872. The van der Waals surface area contributed by atoms with Gasteiger partial charge in [0.2, 0.25) is 5.78 Å². The van der Waals surface area contributed by atoms with E-state index in [-0.39, 0.29) is 36.1 Å². The predicted octanol–water partition coefficient (Wildman–Crippen LogP) is 5.45. The van der Waals surface area contributed by atoms with E-state index >= 15 is 0 Å². The molecular formula is C28H29NO4. The van der Waals surface area contributed by atoms with E-state index < -0.39 is 0 Å². The van der Waals surface area contributed by atoms with E-state index in [0.29, 0.717) is 24.2 Å². The summed E-state index contributed by atoms with van der Waals surface area (Å²) in [6.07, 6.45) is 3.93. The second kappa shape index (κ2) is 8.97. The van der Waals surface area contributed by atoms with Crippen molar-refractivity contribution in [2.75, 3.05) is 6.61 Å².